The standard InChI is InChI=1S/C14H12N2.C6H12N2.Pt/c1-9-10(2)12-6-4-8-16-14(12)13-11(9)5-3-7-15-13;7-5-3-1-2-4-6(5)8;/h3-8H,1-2H3;5-8H,1-4H2;/q;-2;+2/t;5-,6-;/m.0./s1. The van der Waals surface area contributed by atoms with Gasteiger partial charge in [-0.05, 0) is 37.1 Å². The Kier molecular flexibility index (Phi) is 7.06. The molecule has 1 saturated carbocycles. The molecule has 0 unspecified atom stereocenters. The Labute approximate surface area is 163 Å². The second kappa shape index (κ2) is 8.84. The molecule has 4 nitrogen and oxygen atoms in total. The zero-order chi connectivity index (χ0) is 17.1. The van der Waals surface area contributed by atoms with Gasteiger partial charge < -0.3 is 11.5 Å². The second-order valence-corrected chi connectivity index (χ2v) is 6.55. The Morgan fingerprint density at radius 1 is 0.800 bits per heavy atom. The average Bonchev–Trinajstić information content (AvgIpc) is 2.63. The fourth-order valence-corrected chi connectivity index (χ4v) is 3.33. The molecule has 4 rings (SSSR count). The Hall–Kier alpha value is -1.35. The molecule has 5 heteroatoms. The summed E-state index contributed by atoms with van der Waals surface area (Å²) in [6.07, 6.45) is 7.89. The zero-order valence-electron chi connectivity index (χ0n) is 14.7. The van der Waals surface area contributed by atoms with Gasteiger partial charge in [0.25, 0.3) is 0 Å². The summed E-state index contributed by atoms with van der Waals surface area (Å²) in [6, 6.07) is 8.01. The largest absolute Gasteiger partial charge is 2.00 e. The molecular weight excluding hydrogens is 491 g/mol. The fraction of sp³-hybridized carbons (Fsp3) is 0.400. The third-order valence-corrected chi connectivity index (χ3v) is 4.98. The van der Waals surface area contributed by atoms with Crippen molar-refractivity contribution in [2.45, 2.75) is 51.6 Å². The fourth-order valence-electron chi connectivity index (χ4n) is 3.33. The van der Waals surface area contributed by atoms with Gasteiger partial charge in [-0.2, -0.15) is 12.1 Å². The van der Waals surface area contributed by atoms with Crippen molar-refractivity contribution in [1.29, 1.82) is 0 Å². The third kappa shape index (κ3) is 4.25. The number of nitrogens with one attached hydrogen (secondary N) is 2. The quantitative estimate of drug-likeness (QED) is 0.355. The van der Waals surface area contributed by atoms with Crippen LogP contribution in [0.25, 0.3) is 33.3 Å². The van der Waals surface area contributed by atoms with Gasteiger partial charge in [0.15, 0.2) is 0 Å². The minimum atomic E-state index is -0.0799. The average molecular weight is 516 g/mol. The van der Waals surface area contributed by atoms with Gasteiger partial charge in [-0.3, -0.25) is 9.97 Å². The summed E-state index contributed by atoms with van der Waals surface area (Å²) in [5.74, 6) is 0. The van der Waals surface area contributed by atoms with Crippen LogP contribution in [0.5, 0.6) is 0 Å². The van der Waals surface area contributed by atoms with Crippen LogP contribution in [0.4, 0.5) is 0 Å². The van der Waals surface area contributed by atoms with E-state index in [0.717, 1.165) is 23.9 Å². The minimum absolute atomic E-state index is 0. The molecule has 25 heavy (non-hydrogen) atoms. The van der Waals surface area contributed by atoms with E-state index in [4.69, 9.17) is 11.5 Å². The normalized spacial score (nSPS) is 19.8. The van der Waals surface area contributed by atoms with E-state index >= 15 is 0 Å². The van der Waals surface area contributed by atoms with Crippen LogP contribution in [0.1, 0.15) is 36.8 Å². The number of aromatic nitrogens is 2. The van der Waals surface area contributed by atoms with Gasteiger partial charge in [-0.1, -0.05) is 37.8 Å². The van der Waals surface area contributed by atoms with Crippen molar-refractivity contribution in [2.24, 2.45) is 0 Å². The van der Waals surface area contributed by atoms with Crippen molar-refractivity contribution < 1.29 is 21.1 Å². The Morgan fingerprint density at radius 3 is 1.56 bits per heavy atom. The molecule has 2 heterocycles. The van der Waals surface area contributed by atoms with E-state index in [9.17, 15) is 0 Å². The number of benzene rings is 1. The predicted octanol–water partition coefficient (Wildman–Crippen LogP) is 5.80. The summed E-state index contributed by atoms with van der Waals surface area (Å²) in [7, 11) is 0. The summed E-state index contributed by atoms with van der Waals surface area (Å²) in [4.78, 5) is 8.90. The molecule has 1 aromatic carbocycles. The van der Waals surface area contributed by atoms with Crippen LogP contribution in [0.2, 0.25) is 0 Å². The third-order valence-electron chi connectivity index (χ3n) is 4.98. The number of nitrogens with zero attached hydrogens (tertiary/aromatic N) is 2. The first-order valence-corrected chi connectivity index (χ1v) is 8.60. The smallest absolute Gasteiger partial charge is 0.676 e. The van der Waals surface area contributed by atoms with Gasteiger partial charge in [-0.15, -0.1) is 0 Å². The van der Waals surface area contributed by atoms with Crippen molar-refractivity contribution in [3.05, 3.63) is 59.3 Å². The molecule has 1 aliphatic carbocycles. The molecule has 0 radical (unpaired) electrons. The number of hydrogen-bond acceptors (Lipinski definition) is 2. The molecule has 1 aliphatic rings. The maximum absolute atomic E-state index is 7.29. The van der Waals surface area contributed by atoms with Crippen LogP contribution in [-0.2, 0) is 21.1 Å². The van der Waals surface area contributed by atoms with Gasteiger partial charge in [0.2, 0.25) is 0 Å². The van der Waals surface area contributed by atoms with E-state index < -0.39 is 0 Å². The number of aryl methyl sites for hydroxylation is 2. The van der Waals surface area contributed by atoms with Crippen LogP contribution in [0.15, 0.2) is 36.7 Å². The molecule has 2 atom stereocenters. The maximum Gasteiger partial charge on any atom is 2.00 e. The summed E-state index contributed by atoms with van der Waals surface area (Å²) in [5.41, 5.74) is 19.2. The van der Waals surface area contributed by atoms with E-state index in [-0.39, 0.29) is 33.1 Å². The first kappa shape index (κ1) is 20.0. The van der Waals surface area contributed by atoms with Gasteiger partial charge in [-0.25, -0.2) is 0 Å². The monoisotopic (exact) mass is 515 g/mol. The van der Waals surface area contributed by atoms with Gasteiger partial charge in [0, 0.05) is 23.2 Å². The van der Waals surface area contributed by atoms with E-state index in [1.807, 2.05) is 24.5 Å². The number of hydrogen-bond donors (Lipinski definition) is 0. The molecule has 0 saturated heterocycles. The molecule has 1 fully saturated rings. The van der Waals surface area contributed by atoms with Crippen LogP contribution in [-0.4, -0.2) is 22.1 Å². The number of pyridine rings is 2. The first-order valence-electron chi connectivity index (χ1n) is 8.60. The van der Waals surface area contributed by atoms with Crippen LogP contribution in [0, 0.1) is 13.8 Å². The van der Waals surface area contributed by atoms with Crippen LogP contribution < -0.4 is 0 Å². The van der Waals surface area contributed by atoms with Gasteiger partial charge >= 0.3 is 21.1 Å². The molecule has 2 aromatic heterocycles. The number of fused-ring (bicyclic) bond motifs is 3. The molecule has 0 spiro atoms. The van der Waals surface area contributed by atoms with Crippen molar-refractivity contribution >= 4 is 21.8 Å². The molecule has 0 aliphatic heterocycles. The van der Waals surface area contributed by atoms with Gasteiger partial charge in [0.05, 0.1) is 11.0 Å². The topological polar surface area (TPSA) is 73.4 Å². The van der Waals surface area contributed by atoms with Crippen molar-refractivity contribution in [2.75, 3.05) is 0 Å². The Morgan fingerprint density at radius 2 is 1.20 bits per heavy atom. The van der Waals surface area contributed by atoms with Crippen LogP contribution >= 0.6 is 0 Å². The van der Waals surface area contributed by atoms with Crippen molar-refractivity contribution in [1.82, 2.24) is 9.97 Å². The first-order chi connectivity index (χ1) is 11.6. The summed E-state index contributed by atoms with van der Waals surface area (Å²) in [5, 5.41) is 2.40. The number of rotatable bonds is 0. The molecule has 0 bridgehead atoms. The Bertz CT molecular complexity index is 779. The molecular formula is C20H24N4Pt. The van der Waals surface area contributed by atoms with Crippen molar-refractivity contribution in [3.63, 3.8) is 0 Å². The molecule has 0 amide bonds. The van der Waals surface area contributed by atoms with E-state index in [2.05, 4.69) is 35.9 Å². The maximum atomic E-state index is 7.29. The van der Waals surface area contributed by atoms with E-state index in [0.29, 0.717) is 0 Å². The SMILES string of the molecule is Cc1c(C)c2cccnc2c2ncccc12.[NH-][C@H]1CCCC[C@@H]1[NH-].[Pt+2]. The summed E-state index contributed by atoms with van der Waals surface area (Å²) >= 11 is 0. The van der Waals surface area contributed by atoms with Gasteiger partial charge in [0.1, 0.15) is 0 Å². The van der Waals surface area contributed by atoms with Crippen LogP contribution in [0.3, 0.4) is 0 Å². The molecule has 2 N–H and O–H groups in total. The minimum Gasteiger partial charge on any atom is -0.676 e. The Balaban J connectivity index is 0.000000214. The zero-order valence-corrected chi connectivity index (χ0v) is 16.9. The predicted molar refractivity (Wildman–Crippen MR) is 101 cm³/mol. The summed E-state index contributed by atoms with van der Waals surface area (Å²) in [6.45, 7) is 4.29. The van der Waals surface area contributed by atoms with Crippen molar-refractivity contribution in [3.8, 4) is 0 Å². The summed E-state index contributed by atoms with van der Waals surface area (Å²) < 4.78 is 0. The molecule has 134 valence electrons. The van der Waals surface area contributed by atoms with E-state index in [1.54, 1.807) is 0 Å². The second-order valence-electron chi connectivity index (χ2n) is 6.55. The van der Waals surface area contributed by atoms with E-state index in [1.165, 1.54) is 34.7 Å². The molecule has 3 aromatic rings.